The molecular formula is C11H16N2O2S. The molecule has 2 N–H and O–H groups in total. The van der Waals surface area contributed by atoms with Gasteiger partial charge in [0.05, 0.1) is 5.25 Å². The topological polar surface area (TPSA) is 63.4 Å². The predicted molar refractivity (Wildman–Crippen MR) is 64.3 cm³/mol. The molecule has 4 nitrogen and oxygen atoms in total. The molecule has 16 heavy (non-hydrogen) atoms. The van der Waals surface area contributed by atoms with E-state index in [0.717, 1.165) is 18.4 Å². The van der Waals surface area contributed by atoms with E-state index in [0.29, 0.717) is 12.2 Å². The van der Waals surface area contributed by atoms with E-state index < -0.39 is 10.0 Å². The van der Waals surface area contributed by atoms with Crippen LogP contribution in [0, 0.1) is 0 Å². The van der Waals surface area contributed by atoms with Crippen molar-refractivity contribution in [3.8, 4) is 0 Å². The van der Waals surface area contributed by atoms with Crippen molar-refractivity contribution in [1.82, 2.24) is 4.31 Å². The summed E-state index contributed by atoms with van der Waals surface area (Å²) < 4.78 is 25.2. The van der Waals surface area contributed by atoms with Crippen molar-refractivity contribution in [2.24, 2.45) is 0 Å². The number of nitrogens with zero attached hydrogens (tertiary/aromatic N) is 1. The minimum atomic E-state index is -3.08. The molecule has 1 fully saturated rings. The molecule has 1 aromatic carbocycles. The molecule has 0 bridgehead atoms. The van der Waals surface area contributed by atoms with E-state index >= 15 is 0 Å². The van der Waals surface area contributed by atoms with Gasteiger partial charge in [0.2, 0.25) is 10.0 Å². The molecule has 0 amide bonds. The second kappa shape index (κ2) is 4.07. The Bertz CT molecular complexity index is 481. The zero-order chi connectivity index (χ0) is 11.8. The minimum absolute atomic E-state index is 0.154. The lowest BCUT2D eigenvalue weighted by molar-refractivity contribution is 0.465. The van der Waals surface area contributed by atoms with Crippen LogP contribution in [0.25, 0.3) is 0 Å². The third-order valence-corrected chi connectivity index (χ3v) is 5.05. The summed E-state index contributed by atoms with van der Waals surface area (Å²) in [4.78, 5) is 0. The van der Waals surface area contributed by atoms with Gasteiger partial charge in [0, 0.05) is 19.3 Å². The first-order valence-corrected chi connectivity index (χ1v) is 6.80. The summed E-state index contributed by atoms with van der Waals surface area (Å²) in [6.07, 6.45) is 1.59. The first kappa shape index (κ1) is 11.4. The van der Waals surface area contributed by atoms with Crippen LogP contribution in [-0.2, 0) is 16.6 Å². The van der Waals surface area contributed by atoms with E-state index in [2.05, 4.69) is 0 Å². The number of anilines is 1. The van der Waals surface area contributed by atoms with Crippen molar-refractivity contribution < 1.29 is 8.42 Å². The Morgan fingerprint density at radius 2 is 2.12 bits per heavy atom. The lowest BCUT2D eigenvalue weighted by Crippen LogP contribution is -2.29. The SMILES string of the molecule is CN(Cc1cccc(N)c1)S(=O)(=O)C1CC1. The average molecular weight is 240 g/mol. The van der Waals surface area contributed by atoms with Gasteiger partial charge in [-0.2, -0.15) is 0 Å². The van der Waals surface area contributed by atoms with Crippen LogP contribution in [0.2, 0.25) is 0 Å². The summed E-state index contributed by atoms with van der Waals surface area (Å²) in [6, 6.07) is 7.31. The fourth-order valence-corrected chi connectivity index (χ4v) is 3.23. The average Bonchev–Trinajstić information content (AvgIpc) is 3.00. The molecule has 88 valence electrons. The summed E-state index contributed by atoms with van der Waals surface area (Å²) in [6.45, 7) is 0.393. The number of nitrogen functional groups attached to an aromatic ring is 1. The second-order valence-electron chi connectivity index (χ2n) is 4.25. The van der Waals surface area contributed by atoms with Gasteiger partial charge in [0.15, 0.2) is 0 Å². The molecule has 0 radical (unpaired) electrons. The van der Waals surface area contributed by atoms with Gasteiger partial charge >= 0.3 is 0 Å². The van der Waals surface area contributed by atoms with Crippen LogP contribution in [0.15, 0.2) is 24.3 Å². The Balaban J connectivity index is 2.10. The lowest BCUT2D eigenvalue weighted by atomic mass is 10.2. The number of benzene rings is 1. The summed E-state index contributed by atoms with van der Waals surface area (Å²) >= 11 is 0. The smallest absolute Gasteiger partial charge is 0.217 e. The van der Waals surface area contributed by atoms with E-state index in [4.69, 9.17) is 5.73 Å². The number of rotatable bonds is 4. The maximum atomic E-state index is 11.9. The predicted octanol–water partition coefficient (Wildman–Crippen LogP) is 1.19. The zero-order valence-electron chi connectivity index (χ0n) is 9.26. The second-order valence-corrected chi connectivity index (χ2v) is 6.57. The maximum absolute atomic E-state index is 11.9. The number of hydrogen-bond acceptors (Lipinski definition) is 3. The molecule has 0 unspecified atom stereocenters. The van der Waals surface area contributed by atoms with Crippen molar-refractivity contribution in [1.29, 1.82) is 0 Å². The Kier molecular flexibility index (Phi) is 2.90. The van der Waals surface area contributed by atoms with Crippen molar-refractivity contribution in [2.45, 2.75) is 24.6 Å². The molecule has 0 saturated heterocycles. The van der Waals surface area contributed by atoms with E-state index in [1.54, 1.807) is 19.2 Å². The van der Waals surface area contributed by atoms with E-state index in [1.165, 1.54) is 4.31 Å². The van der Waals surface area contributed by atoms with Gasteiger partial charge in [0.25, 0.3) is 0 Å². The highest BCUT2D eigenvalue weighted by Crippen LogP contribution is 2.30. The van der Waals surface area contributed by atoms with Crippen molar-refractivity contribution in [2.75, 3.05) is 12.8 Å². The molecule has 1 aromatic rings. The molecule has 0 aromatic heterocycles. The fraction of sp³-hybridized carbons (Fsp3) is 0.455. The van der Waals surface area contributed by atoms with Crippen LogP contribution in [0.4, 0.5) is 5.69 Å². The Labute approximate surface area is 96.1 Å². The summed E-state index contributed by atoms with van der Waals surface area (Å²) in [7, 11) is -1.46. The van der Waals surface area contributed by atoms with Gasteiger partial charge in [0.1, 0.15) is 0 Å². The number of sulfonamides is 1. The lowest BCUT2D eigenvalue weighted by Gasteiger charge is -2.16. The van der Waals surface area contributed by atoms with E-state index in [1.807, 2.05) is 12.1 Å². The molecule has 0 atom stereocenters. The third-order valence-electron chi connectivity index (χ3n) is 2.74. The Morgan fingerprint density at radius 3 is 2.69 bits per heavy atom. The molecule has 0 heterocycles. The van der Waals surface area contributed by atoms with Crippen LogP contribution in [0.5, 0.6) is 0 Å². The van der Waals surface area contributed by atoms with Crippen LogP contribution >= 0.6 is 0 Å². The molecule has 1 saturated carbocycles. The maximum Gasteiger partial charge on any atom is 0.217 e. The quantitative estimate of drug-likeness (QED) is 0.804. The molecule has 0 spiro atoms. The molecule has 5 heteroatoms. The largest absolute Gasteiger partial charge is 0.399 e. The standard InChI is InChI=1S/C11H16N2O2S/c1-13(16(14,15)11-5-6-11)8-9-3-2-4-10(12)7-9/h2-4,7,11H,5-6,8,12H2,1H3. The first-order valence-electron chi connectivity index (χ1n) is 5.30. The summed E-state index contributed by atoms with van der Waals surface area (Å²) in [5, 5.41) is -0.154. The highest BCUT2D eigenvalue weighted by atomic mass is 32.2. The van der Waals surface area contributed by atoms with Crippen LogP contribution < -0.4 is 5.73 Å². The van der Waals surface area contributed by atoms with Crippen molar-refractivity contribution in [3.63, 3.8) is 0 Å². The number of hydrogen-bond donors (Lipinski definition) is 1. The fourth-order valence-electron chi connectivity index (χ4n) is 1.66. The minimum Gasteiger partial charge on any atom is -0.399 e. The molecule has 1 aliphatic carbocycles. The highest BCUT2D eigenvalue weighted by molar-refractivity contribution is 7.90. The third kappa shape index (κ3) is 2.36. The molecule has 2 rings (SSSR count). The van der Waals surface area contributed by atoms with Crippen LogP contribution in [0.1, 0.15) is 18.4 Å². The molecular weight excluding hydrogens is 224 g/mol. The monoisotopic (exact) mass is 240 g/mol. The Hall–Kier alpha value is -1.07. The summed E-state index contributed by atoms with van der Waals surface area (Å²) in [5.74, 6) is 0. The van der Waals surface area contributed by atoms with E-state index in [-0.39, 0.29) is 5.25 Å². The van der Waals surface area contributed by atoms with Crippen LogP contribution in [-0.4, -0.2) is 25.0 Å². The van der Waals surface area contributed by atoms with Gasteiger partial charge in [-0.1, -0.05) is 12.1 Å². The highest BCUT2D eigenvalue weighted by Gasteiger charge is 2.38. The van der Waals surface area contributed by atoms with Crippen molar-refractivity contribution in [3.05, 3.63) is 29.8 Å². The van der Waals surface area contributed by atoms with Gasteiger partial charge in [-0.15, -0.1) is 0 Å². The Morgan fingerprint density at radius 1 is 1.44 bits per heavy atom. The van der Waals surface area contributed by atoms with Gasteiger partial charge in [-0.3, -0.25) is 0 Å². The van der Waals surface area contributed by atoms with E-state index in [9.17, 15) is 8.42 Å². The molecule has 0 aliphatic heterocycles. The summed E-state index contributed by atoms with van der Waals surface area (Å²) in [5.41, 5.74) is 7.23. The van der Waals surface area contributed by atoms with Gasteiger partial charge in [-0.25, -0.2) is 12.7 Å². The zero-order valence-corrected chi connectivity index (χ0v) is 10.1. The van der Waals surface area contributed by atoms with Crippen LogP contribution in [0.3, 0.4) is 0 Å². The van der Waals surface area contributed by atoms with Crippen molar-refractivity contribution >= 4 is 15.7 Å². The van der Waals surface area contributed by atoms with Gasteiger partial charge in [-0.05, 0) is 30.5 Å². The molecule has 1 aliphatic rings. The first-order chi connectivity index (χ1) is 7.50. The number of nitrogens with two attached hydrogens (primary N) is 1. The van der Waals surface area contributed by atoms with Gasteiger partial charge < -0.3 is 5.73 Å². The normalized spacial score (nSPS) is 16.6.